The first-order valence-electron chi connectivity index (χ1n) is 6.08. The lowest BCUT2D eigenvalue weighted by molar-refractivity contribution is 0.548. The highest BCUT2D eigenvalue weighted by atomic mass is 79.9. The average molecular weight is 361 g/mol. The Balaban J connectivity index is 2.28. The van der Waals surface area contributed by atoms with E-state index in [4.69, 9.17) is 11.6 Å². The molecule has 0 saturated carbocycles. The van der Waals surface area contributed by atoms with E-state index in [0.29, 0.717) is 16.5 Å². The van der Waals surface area contributed by atoms with E-state index < -0.39 is 5.82 Å². The highest BCUT2D eigenvalue weighted by molar-refractivity contribution is 9.10. The maximum Gasteiger partial charge on any atom is 0.145 e. The fourth-order valence-corrected chi connectivity index (χ4v) is 2.48. The summed E-state index contributed by atoms with van der Waals surface area (Å²) in [6.45, 7) is 0. The van der Waals surface area contributed by atoms with Crippen molar-refractivity contribution in [2.45, 2.75) is 12.5 Å². The highest BCUT2D eigenvalue weighted by Gasteiger charge is 2.15. The predicted octanol–water partition coefficient (Wildman–Crippen LogP) is 4.88. The molecule has 0 spiro atoms. The van der Waals surface area contributed by atoms with Crippen molar-refractivity contribution in [3.05, 3.63) is 68.7 Å². The van der Waals surface area contributed by atoms with Crippen molar-refractivity contribution < 1.29 is 8.78 Å². The summed E-state index contributed by atoms with van der Waals surface area (Å²) in [4.78, 5) is 0. The lowest BCUT2D eigenvalue weighted by Gasteiger charge is -2.18. The summed E-state index contributed by atoms with van der Waals surface area (Å²) in [6.07, 6.45) is 0.393. The van der Waals surface area contributed by atoms with Gasteiger partial charge in [0.2, 0.25) is 0 Å². The van der Waals surface area contributed by atoms with E-state index in [1.165, 1.54) is 12.1 Å². The molecule has 0 saturated heterocycles. The van der Waals surface area contributed by atoms with E-state index in [1.54, 1.807) is 31.3 Å². The van der Waals surface area contributed by atoms with Gasteiger partial charge in [0.25, 0.3) is 0 Å². The Morgan fingerprint density at radius 2 is 2.00 bits per heavy atom. The molecule has 1 unspecified atom stereocenters. The molecule has 2 aromatic carbocycles. The van der Waals surface area contributed by atoms with Crippen molar-refractivity contribution in [1.82, 2.24) is 5.32 Å². The van der Waals surface area contributed by atoms with Gasteiger partial charge >= 0.3 is 0 Å². The first-order chi connectivity index (χ1) is 9.52. The Morgan fingerprint density at radius 1 is 1.25 bits per heavy atom. The Bertz CT molecular complexity index is 619. The van der Waals surface area contributed by atoms with Crippen LogP contribution >= 0.6 is 27.5 Å². The number of rotatable bonds is 4. The van der Waals surface area contributed by atoms with Crippen LogP contribution in [-0.4, -0.2) is 7.05 Å². The maximum atomic E-state index is 13.9. The van der Waals surface area contributed by atoms with Gasteiger partial charge in [-0.25, -0.2) is 8.78 Å². The molecule has 20 heavy (non-hydrogen) atoms. The summed E-state index contributed by atoms with van der Waals surface area (Å²) in [5.41, 5.74) is 1.26. The largest absolute Gasteiger partial charge is 0.313 e. The Kier molecular flexibility index (Phi) is 5.13. The molecule has 0 aromatic heterocycles. The molecule has 0 fully saturated rings. The first-order valence-corrected chi connectivity index (χ1v) is 7.25. The topological polar surface area (TPSA) is 12.0 Å². The van der Waals surface area contributed by atoms with E-state index in [1.807, 2.05) is 0 Å². The Labute approximate surface area is 130 Å². The van der Waals surface area contributed by atoms with Gasteiger partial charge in [0.1, 0.15) is 11.6 Å². The minimum atomic E-state index is -0.424. The second-order valence-corrected chi connectivity index (χ2v) is 5.69. The van der Waals surface area contributed by atoms with Crippen LogP contribution in [0.15, 0.2) is 40.9 Å². The number of likely N-dealkylation sites (N-methyl/N-ethyl adjacent to an activating group) is 1. The molecule has 2 aromatic rings. The zero-order valence-electron chi connectivity index (χ0n) is 10.8. The van der Waals surface area contributed by atoms with Crippen molar-refractivity contribution in [2.24, 2.45) is 0 Å². The van der Waals surface area contributed by atoms with E-state index >= 15 is 0 Å². The fourth-order valence-electron chi connectivity index (χ4n) is 2.04. The van der Waals surface area contributed by atoms with Gasteiger partial charge in [-0.2, -0.15) is 0 Å². The van der Waals surface area contributed by atoms with E-state index in [-0.39, 0.29) is 16.9 Å². The van der Waals surface area contributed by atoms with Crippen molar-refractivity contribution in [2.75, 3.05) is 7.05 Å². The van der Waals surface area contributed by atoms with Gasteiger partial charge in [-0.1, -0.05) is 29.8 Å². The van der Waals surface area contributed by atoms with Gasteiger partial charge in [-0.15, -0.1) is 0 Å². The molecule has 0 radical (unpaired) electrons. The van der Waals surface area contributed by atoms with Crippen LogP contribution in [0.2, 0.25) is 5.02 Å². The van der Waals surface area contributed by atoms with Crippen LogP contribution in [0.3, 0.4) is 0 Å². The molecule has 0 aliphatic heterocycles. The van der Waals surface area contributed by atoms with Gasteiger partial charge in [0.05, 0.1) is 9.50 Å². The summed E-state index contributed by atoms with van der Waals surface area (Å²) in [5.74, 6) is -0.763. The van der Waals surface area contributed by atoms with E-state index in [0.717, 1.165) is 5.56 Å². The van der Waals surface area contributed by atoms with Crippen molar-refractivity contribution in [1.29, 1.82) is 0 Å². The van der Waals surface area contributed by atoms with E-state index in [2.05, 4.69) is 21.2 Å². The number of nitrogens with one attached hydrogen (secondary N) is 1. The van der Waals surface area contributed by atoms with Crippen LogP contribution in [0.4, 0.5) is 8.78 Å². The Hall–Kier alpha value is -0.970. The SMILES string of the molecule is CNC(Cc1cccc(Cl)c1F)c1ccc(Br)c(F)c1. The number of hydrogen-bond acceptors (Lipinski definition) is 1. The second kappa shape index (κ2) is 6.66. The summed E-state index contributed by atoms with van der Waals surface area (Å²) in [6, 6.07) is 9.59. The Morgan fingerprint density at radius 3 is 2.65 bits per heavy atom. The standard InChI is InChI=1S/C15H13BrClF2N/c1-20-14(9-5-6-11(16)13(18)7-9)8-10-3-2-4-12(17)15(10)19/h2-7,14,20H,8H2,1H3. The fraction of sp³-hybridized carbons (Fsp3) is 0.200. The highest BCUT2D eigenvalue weighted by Crippen LogP contribution is 2.26. The van der Waals surface area contributed by atoms with Gasteiger partial charge in [-0.05, 0) is 58.7 Å². The van der Waals surface area contributed by atoms with Gasteiger partial charge in [0, 0.05) is 6.04 Å². The molecule has 1 atom stereocenters. The minimum absolute atomic E-state index is 0.0966. The molecule has 1 N–H and O–H groups in total. The summed E-state index contributed by atoms with van der Waals surface area (Å²) < 4.78 is 27.9. The van der Waals surface area contributed by atoms with Crippen molar-refractivity contribution in [3.8, 4) is 0 Å². The predicted molar refractivity (Wildman–Crippen MR) is 81.0 cm³/mol. The molecule has 106 valence electrons. The van der Waals surface area contributed by atoms with Crippen LogP contribution in [0.25, 0.3) is 0 Å². The quantitative estimate of drug-likeness (QED) is 0.819. The van der Waals surface area contributed by atoms with Crippen LogP contribution in [0, 0.1) is 11.6 Å². The zero-order chi connectivity index (χ0) is 14.7. The lowest BCUT2D eigenvalue weighted by Crippen LogP contribution is -2.19. The third-order valence-electron chi connectivity index (χ3n) is 3.15. The normalized spacial score (nSPS) is 12.4. The van der Waals surface area contributed by atoms with Gasteiger partial charge in [0.15, 0.2) is 0 Å². The molecular weight excluding hydrogens is 348 g/mol. The van der Waals surface area contributed by atoms with E-state index in [9.17, 15) is 8.78 Å². The monoisotopic (exact) mass is 359 g/mol. The number of benzene rings is 2. The van der Waals surface area contributed by atoms with Crippen LogP contribution in [0.5, 0.6) is 0 Å². The molecule has 0 heterocycles. The third kappa shape index (κ3) is 3.37. The minimum Gasteiger partial charge on any atom is -0.313 e. The molecule has 0 amide bonds. The molecule has 0 bridgehead atoms. The zero-order valence-corrected chi connectivity index (χ0v) is 13.1. The average Bonchev–Trinajstić information content (AvgIpc) is 2.44. The third-order valence-corrected chi connectivity index (χ3v) is 4.09. The lowest BCUT2D eigenvalue weighted by atomic mass is 9.98. The summed E-state index contributed by atoms with van der Waals surface area (Å²) >= 11 is 8.89. The molecule has 1 nitrogen and oxygen atoms in total. The van der Waals surface area contributed by atoms with Gasteiger partial charge in [-0.3, -0.25) is 0 Å². The van der Waals surface area contributed by atoms with Gasteiger partial charge < -0.3 is 5.32 Å². The molecule has 0 aliphatic rings. The molecule has 5 heteroatoms. The summed E-state index contributed by atoms with van der Waals surface area (Å²) in [7, 11) is 1.76. The number of hydrogen-bond donors (Lipinski definition) is 1. The van der Waals surface area contributed by atoms with Crippen molar-refractivity contribution in [3.63, 3.8) is 0 Å². The van der Waals surface area contributed by atoms with Crippen molar-refractivity contribution >= 4 is 27.5 Å². The number of halogens is 4. The molecule has 2 rings (SSSR count). The van der Waals surface area contributed by atoms with Crippen LogP contribution < -0.4 is 5.32 Å². The summed E-state index contributed by atoms with van der Waals surface area (Å²) in [5, 5.41) is 3.17. The maximum absolute atomic E-state index is 13.9. The van der Waals surface area contributed by atoms with Crippen LogP contribution in [-0.2, 0) is 6.42 Å². The first kappa shape index (κ1) is 15.4. The smallest absolute Gasteiger partial charge is 0.145 e. The molecular formula is C15H13BrClF2N. The molecule has 0 aliphatic carbocycles. The van der Waals surface area contributed by atoms with Crippen LogP contribution in [0.1, 0.15) is 17.2 Å². The second-order valence-electron chi connectivity index (χ2n) is 4.43.